The number of hydrogen-bond acceptors (Lipinski definition) is 6. The molecule has 2 aliphatic rings. The van der Waals surface area contributed by atoms with Crippen molar-refractivity contribution < 1.29 is 28.7 Å². The van der Waals surface area contributed by atoms with E-state index in [4.69, 9.17) is 9.47 Å². The van der Waals surface area contributed by atoms with Crippen molar-refractivity contribution in [2.75, 3.05) is 24.5 Å². The Morgan fingerprint density at radius 2 is 2.00 bits per heavy atom. The second-order valence-corrected chi connectivity index (χ2v) is 6.00. The molecule has 0 unspecified atom stereocenters. The third kappa shape index (κ3) is 3.32. The molecule has 26 heavy (non-hydrogen) atoms. The lowest BCUT2D eigenvalue weighted by atomic mass is 10.2. The molecular formula is C17H19N3O6. The summed E-state index contributed by atoms with van der Waals surface area (Å²) < 4.78 is 10.8. The molecule has 2 aliphatic heterocycles. The summed E-state index contributed by atoms with van der Waals surface area (Å²) in [5.74, 6) is -1.23. The van der Waals surface area contributed by atoms with Crippen LogP contribution in [0.25, 0.3) is 0 Å². The molecule has 9 nitrogen and oxygen atoms in total. The first kappa shape index (κ1) is 17.7. The van der Waals surface area contributed by atoms with Gasteiger partial charge in [0.05, 0.1) is 12.2 Å². The van der Waals surface area contributed by atoms with Crippen LogP contribution in [-0.2, 0) is 19.1 Å². The zero-order chi connectivity index (χ0) is 18.8. The number of anilines is 1. The molecule has 0 bridgehead atoms. The van der Waals surface area contributed by atoms with Crippen LogP contribution in [0.15, 0.2) is 24.3 Å². The number of carbonyl (C=O) groups is 4. The van der Waals surface area contributed by atoms with E-state index in [1.165, 1.54) is 18.7 Å². The zero-order valence-electron chi connectivity index (χ0n) is 14.4. The lowest BCUT2D eigenvalue weighted by molar-refractivity contribution is -0.163. The highest BCUT2D eigenvalue weighted by molar-refractivity contribution is 5.99. The van der Waals surface area contributed by atoms with Crippen molar-refractivity contribution in [3.63, 3.8) is 0 Å². The average molecular weight is 361 g/mol. The Labute approximate surface area is 149 Å². The van der Waals surface area contributed by atoms with E-state index >= 15 is 0 Å². The Bertz CT molecular complexity index is 765. The number of carbonyl (C=O) groups excluding carboxylic acids is 4. The van der Waals surface area contributed by atoms with Gasteiger partial charge in [0.1, 0.15) is 5.75 Å². The predicted molar refractivity (Wildman–Crippen MR) is 89.6 cm³/mol. The van der Waals surface area contributed by atoms with Crippen molar-refractivity contribution in [2.24, 2.45) is 0 Å². The lowest BCUT2D eigenvalue weighted by Gasteiger charge is -2.33. The summed E-state index contributed by atoms with van der Waals surface area (Å²) >= 11 is 0. The van der Waals surface area contributed by atoms with Crippen LogP contribution in [0.2, 0.25) is 0 Å². The molecule has 0 saturated carbocycles. The van der Waals surface area contributed by atoms with Gasteiger partial charge in [0.15, 0.2) is 6.10 Å². The molecule has 1 saturated heterocycles. The molecule has 138 valence electrons. The maximum Gasteiger partial charge on any atom is 0.350 e. The number of esters is 1. The van der Waals surface area contributed by atoms with E-state index in [1.54, 1.807) is 24.3 Å². The molecule has 9 heteroatoms. The fraction of sp³-hybridized carbons (Fsp3) is 0.412. The third-order valence-electron chi connectivity index (χ3n) is 4.18. The smallest absolute Gasteiger partial charge is 0.350 e. The first-order chi connectivity index (χ1) is 12.4. The number of amides is 4. The van der Waals surface area contributed by atoms with Gasteiger partial charge in [0.2, 0.25) is 12.0 Å². The van der Waals surface area contributed by atoms with Gasteiger partial charge in [-0.25, -0.2) is 9.59 Å². The Kier molecular flexibility index (Phi) is 4.79. The minimum Gasteiger partial charge on any atom is -0.475 e. The number of imide groups is 1. The van der Waals surface area contributed by atoms with Gasteiger partial charge in [-0.05, 0) is 19.1 Å². The number of fused-ring (bicyclic) bond motifs is 1. The van der Waals surface area contributed by atoms with Gasteiger partial charge in [-0.3, -0.25) is 14.5 Å². The van der Waals surface area contributed by atoms with Gasteiger partial charge >= 0.3 is 12.0 Å². The minimum absolute atomic E-state index is 0.0176. The number of rotatable bonds is 3. The lowest BCUT2D eigenvalue weighted by Crippen LogP contribution is -2.49. The summed E-state index contributed by atoms with van der Waals surface area (Å²) in [6, 6.07) is 6.34. The molecule has 3 rings (SSSR count). The average Bonchev–Trinajstić information content (AvgIpc) is 3.05. The summed E-state index contributed by atoms with van der Waals surface area (Å²) in [6.07, 6.45) is -2.20. The van der Waals surface area contributed by atoms with E-state index in [2.05, 4.69) is 5.32 Å². The number of urea groups is 1. The van der Waals surface area contributed by atoms with E-state index in [1.807, 2.05) is 0 Å². The number of hydrogen-bond donors (Lipinski definition) is 1. The molecule has 0 aliphatic carbocycles. The van der Waals surface area contributed by atoms with Crippen LogP contribution < -0.4 is 15.0 Å². The maximum absolute atomic E-state index is 12.4. The molecule has 2 heterocycles. The molecule has 0 spiro atoms. The number of para-hydroxylation sites is 2. The van der Waals surface area contributed by atoms with E-state index in [0.29, 0.717) is 18.0 Å². The van der Waals surface area contributed by atoms with Crippen molar-refractivity contribution in [3.05, 3.63) is 24.3 Å². The monoisotopic (exact) mass is 361 g/mol. The zero-order valence-corrected chi connectivity index (χ0v) is 14.4. The molecule has 1 N–H and O–H groups in total. The number of nitrogens with one attached hydrogen (secondary N) is 1. The highest BCUT2D eigenvalue weighted by Crippen LogP contribution is 2.33. The first-order valence-corrected chi connectivity index (χ1v) is 8.22. The van der Waals surface area contributed by atoms with Crippen molar-refractivity contribution in [3.8, 4) is 5.75 Å². The number of nitrogens with zero attached hydrogens (tertiary/aromatic N) is 2. The Balaban J connectivity index is 1.69. The minimum atomic E-state index is -1.14. The van der Waals surface area contributed by atoms with Crippen LogP contribution in [-0.4, -0.2) is 60.6 Å². The van der Waals surface area contributed by atoms with Gasteiger partial charge in [-0.15, -0.1) is 0 Å². The van der Waals surface area contributed by atoms with Gasteiger partial charge in [0, 0.05) is 20.0 Å². The normalized spacial score (nSPS) is 19.9. The Morgan fingerprint density at radius 3 is 2.65 bits per heavy atom. The highest BCUT2D eigenvalue weighted by Gasteiger charge is 2.37. The summed E-state index contributed by atoms with van der Waals surface area (Å²) in [7, 11) is 0. The number of ether oxygens (including phenoxy) is 2. The summed E-state index contributed by atoms with van der Waals surface area (Å²) in [4.78, 5) is 50.5. The first-order valence-electron chi connectivity index (χ1n) is 8.22. The van der Waals surface area contributed by atoms with E-state index in [9.17, 15) is 19.2 Å². The topological polar surface area (TPSA) is 105 Å². The van der Waals surface area contributed by atoms with E-state index in [0.717, 1.165) is 4.90 Å². The highest BCUT2D eigenvalue weighted by atomic mass is 16.6. The van der Waals surface area contributed by atoms with Gasteiger partial charge in [0.25, 0.3) is 5.91 Å². The Hall–Kier alpha value is -3.10. The summed E-state index contributed by atoms with van der Waals surface area (Å²) in [6.45, 7) is 3.36. The van der Waals surface area contributed by atoms with Crippen molar-refractivity contribution >= 4 is 29.5 Å². The molecule has 4 amide bonds. The van der Waals surface area contributed by atoms with Crippen LogP contribution in [0.1, 0.15) is 13.8 Å². The van der Waals surface area contributed by atoms with Crippen molar-refractivity contribution in [1.29, 1.82) is 0 Å². The quantitative estimate of drug-likeness (QED) is 0.776. The number of benzene rings is 1. The van der Waals surface area contributed by atoms with Gasteiger partial charge in [-0.1, -0.05) is 12.1 Å². The molecule has 2 atom stereocenters. The Morgan fingerprint density at radius 1 is 1.27 bits per heavy atom. The molecular weight excluding hydrogens is 342 g/mol. The standard InChI is InChI=1S/C17H19N3O6/c1-10(15(22)19-8-7-18-17(19)24)25-16(23)14-9-20(11(2)21)12-5-3-4-6-13(12)26-14/h3-6,10,14H,7-9H2,1-2H3,(H,18,24)/t10-,14-/m1/s1. The predicted octanol–water partition coefficient (Wildman–Crippen LogP) is 0.284. The van der Waals surface area contributed by atoms with E-state index < -0.39 is 30.1 Å². The largest absolute Gasteiger partial charge is 0.475 e. The third-order valence-corrected chi connectivity index (χ3v) is 4.18. The van der Waals surface area contributed by atoms with Crippen LogP contribution in [0.5, 0.6) is 5.75 Å². The van der Waals surface area contributed by atoms with Gasteiger partial charge < -0.3 is 19.7 Å². The summed E-state index contributed by atoms with van der Waals surface area (Å²) in [5.41, 5.74) is 0.571. The molecule has 0 aromatic heterocycles. The van der Waals surface area contributed by atoms with Gasteiger partial charge in [-0.2, -0.15) is 0 Å². The fourth-order valence-corrected chi connectivity index (χ4v) is 2.86. The second-order valence-electron chi connectivity index (χ2n) is 6.00. The maximum atomic E-state index is 12.4. The van der Waals surface area contributed by atoms with Crippen LogP contribution in [0.4, 0.5) is 10.5 Å². The second kappa shape index (κ2) is 7.03. The van der Waals surface area contributed by atoms with Crippen LogP contribution in [0.3, 0.4) is 0 Å². The van der Waals surface area contributed by atoms with Crippen LogP contribution >= 0.6 is 0 Å². The van der Waals surface area contributed by atoms with Crippen molar-refractivity contribution in [1.82, 2.24) is 10.2 Å². The fourth-order valence-electron chi connectivity index (χ4n) is 2.86. The SMILES string of the molecule is CC(=O)N1C[C@H](C(=O)O[C@H](C)C(=O)N2CCNC2=O)Oc2ccccc21. The molecule has 1 aromatic rings. The molecule has 1 fully saturated rings. The summed E-state index contributed by atoms with van der Waals surface area (Å²) in [5, 5.41) is 2.51. The van der Waals surface area contributed by atoms with Crippen LogP contribution in [0, 0.1) is 0 Å². The van der Waals surface area contributed by atoms with Crippen molar-refractivity contribution in [2.45, 2.75) is 26.1 Å². The molecule has 1 aromatic carbocycles. The molecule has 0 radical (unpaired) electrons. The van der Waals surface area contributed by atoms with E-state index in [-0.39, 0.29) is 19.0 Å².